The van der Waals surface area contributed by atoms with Gasteiger partial charge in [0, 0.05) is 24.4 Å². The summed E-state index contributed by atoms with van der Waals surface area (Å²) in [5.41, 5.74) is 0.948. The minimum Gasteiger partial charge on any atom is -0.459 e. The Hall–Kier alpha value is -3.33. The first kappa shape index (κ1) is 21.0. The molecule has 0 unspecified atom stereocenters. The molecular weight excluding hydrogens is 356 g/mol. The summed E-state index contributed by atoms with van der Waals surface area (Å²) in [7, 11) is 0. The zero-order chi connectivity index (χ0) is 20.4. The van der Waals surface area contributed by atoms with Gasteiger partial charge in [0.1, 0.15) is 18.2 Å². The number of hydrogen-bond donors (Lipinski definition) is 1. The highest BCUT2D eigenvalue weighted by Crippen LogP contribution is 2.08. The Morgan fingerprint density at radius 3 is 2.43 bits per heavy atom. The van der Waals surface area contributed by atoms with Crippen molar-refractivity contribution in [2.45, 2.75) is 45.4 Å². The Labute approximate surface area is 165 Å². The second-order valence-corrected chi connectivity index (χ2v) is 7.03. The van der Waals surface area contributed by atoms with Gasteiger partial charge in [0.25, 0.3) is 0 Å². The number of alkyl carbamates (subject to hydrolysis) is 1. The minimum absolute atomic E-state index is 0.0924. The third kappa shape index (κ3) is 7.92. The summed E-state index contributed by atoms with van der Waals surface area (Å²) in [6, 6.07) is 11.9. The van der Waals surface area contributed by atoms with Gasteiger partial charge in [-0.3, -0.25) is 4.98 Å². The van der Waals surface area contributed by atoms with Gasteiger partial charge in [-0.05, 0) is 38.5 Å². The normalized spacial score (nSPS) is 11.5. The second kappa shape index (κ2) is 10.1. The highest BCUT2D eigenvalue weighted by molar-refractivity contribution is 5.81. The zero-order valence-corrected chi connectivity index (χ0v) is 16.3. The van der Waals surface area contributed by atoms with Crippen molar-refractivity contribution in [3.05, 3.63) is 66.0 Å². The number of pyridine rings is 1. The summed E-state index contributed by atoms with van der Waals surface area (Å²) >= 11 is 0. The first-order valence-corrected chi connectivity index (χ1v) is 8.92. The summed E-state index contributed by atoms with van der Waals surface area (Å²) in [6.07, 6.45) is 2.66. The number of aromatic nitrogens is 1. The molecule has 1 aromatic heterocycles. The van der Waals surface area contributed by atoms with E-state index in [0.717, 1.165) is 11.1 Å². The summed E-state index contributed by atoms with van der Waals surface area (Å²) in [5.74, 6) is 5.26. The number of carbonyl (C=O) groups is 2. The van der Waals surface area contributed by atoms with Crippen LogP contribution in [0, 0.1) is 11.8 Å². The number of esters is 1. The van der Waals surface area contributed by atoms with Crippen molar-refractivity contribution in [2.24, 2.45) is 0 Å². The molecule has 1 atom stereocenters. The maximum atomic E-state index is 12.5. The number of hydrogen-bond acceptors (Lipinski definition) is 5. The van der Waals surface area contributed by atoms with E-state index in [4.69, 9.17) is 9.47 Å². The lowest BCUT2D eigenvalue weighted by molar-refractivity contribution is -0.147. The van der Waals surface area contributed by atoms with Gasteiger partial charge >= 0.3 is 12.1 Å². The molecule has 0 aliphatic rings. The van der Waals surface area contributed by atoms with E-state index in [1.165, 1.54) is 0 Å². The van der Waals surface area contributed by atoms with Crippen LogP contribution in [0.2, 0.25) is 0 Å². The van der Waals surface area contributed by atoms with Crippen LogP contribution in [0.25, 0.3) is 0 Å². The molecule has 1 N–H and O–H groups in total. The lowest BCUT2D eigenvalue weighted by atomic mass is 10.2. The van der Waals surface area contributed by atoms with Gasteiger partial charge in [-0.2, -0.15) is 0 Å². The number of carbonyl (C=O) groups excluding carboxylic acids is 2. The van der Waals surface area contributed by atoms with Crippen LogP contribution in [0.5, 0.6) is 0 Å². The van der Waals surface area contributed by atoms with Crippen LogP contribution in [0.15, 0.2) is 54.9 Å². The molecular formula is C22H24N2O4. The predicted octanol–water partition coefficient (Wildman–Crippen LogP) is 3.46. The van der Waals surface area contributed by atoms with E-state index >= 15 is 0 Å². The zero-order valence-electron chi connectivity index (χ0n) is 16.3. The van der Waals surface area contributed by atoms with E-state index in [-0.39, 0.29) is 13.0 Å². The van der Waals surface area contributed by atoms with Crippen LogP contribution in [-0.4, -0.2) is 28.7 Å². The molecule has 2 rings (SSSR count). The molecule has 0 saturated carbocycles. The Morgan fingerprint density at radius 1 is 1.11 bits per heavy atom. The molecule has 28 heavy (non-hydrogen) atoms. The van der Waals surface area contributed by atoms with E-state index in [9.17, 15) is 9.59 Å². The first-order chi connectivity index (χ1) is 13.3. The molecule has 2 aromatic rings. The number of amides is 1. The predicted molar refractivity (Wildman–Crippen MR) is 105 cm³/mol. The van der Waals surface area contributed by atoms with Crippen molar-refractivity contribution in [1.29, 1.82) is 0 Å². The molecule has 1 heterocycles. The molecule has 6 heteroatoms. The number of ether oxygens (including phenoxy) is 2. The average Bonchev–Trinajstić information content (AvgIpc) is 2.65. The molecule has 0 aliphatic carbocycles. The smallest absolute Gasteiger partial charge is 0.408 e. The topological polar surface area (TPSA) is 77.5 Å². The molecule has 0 saturated heterocycles. The maximum Gasteiger partial charge on any atom is 0.408 e. The quantitative estimate of drug-likeness (QED) is 0.635. The minimum atomic E-state index is -0.937. The fraction of sp³-hybridized carbons (Fsp3) is 0.318. The maximum absolute atomic E-state index is 12.5. The first-order valence-electron chi connectivity index (χ1n) is 8.92. The molecule has 0 aliphatic heterocycles. The lowest BCUT2D eigenvalue weighted by Gasteiger charge is -2.22. The number of benzene rings is 1. The molecule has 6 nitrogen and oxygen atoms in total. The van der Waals surface area contributed by atoms with E-state index in [1.54, 1.807) is 45.3 Å². The summed E-state index contributed by atoms with van der Waals surface area (Å²) in [5, 5.41) is 2.55. The highest BCUT2D eigenvalue weighted by Gasteiger charge is 2.25. The lowest BCUT2D eigenvalue weighted by Crippen LogP contribution is -2.44. The van der Waals surface area contributed by atoms with Crippen molar-refractivity contribution in [1.82, 2.24) is 10.3 Å². The van der Waals surface area contributed by atoms with Crippen LogP contribution in [0.4, 0.5) is 4.79 Å². The van der Waals surface area contributed by atoms with Crippen LogP contribution >= 0.6 is 0 Å². The average molecular weight is 380 g/mol. The van der Waals surface area contributed by atoms with E-state index < -0.39 is 23.7 Å². The molecule has 0 fully saturated rings. The van der Waals surface area contributed by atoms with Gasteiger partial charge in [-0.1, -0.05) is 42.2 Å². The van der Waals surface area contributed by atoms with Crippen molar-refractivity contribution < 1.29 is 19.1 Å². The third-order valence-corrected chi connectivity index (χ3v) is 3.42. The fourth-order valence-corrected chi connectivity index (χ4v) is 2.16. The fourth-order valence-electron chi connectivity index (χ4n) is 2.16. The standard InChI is InChI=1S/C22H24N2O4/c1-22(2,3)28-21(26)24-19(11-7-10-17-12-14-23-15-13-17)20(25)27-16-18-8-5-4-6-9-18/h4-6,8-9,12-15,19H,11,16H2,1-3H3,(H,24,26)/t19-/m0/s1. The summed E-state index contributed by atoms with van der Waals surface area (Å²) in [6.45, 7) is 5.36. The number of nitrogens with zero attached hydrogens (tertiary/aromatic N) is 1. The molecule has 1 amide bonds. The summed E-state index contributed by atoms with van der Waals surface area (Å²) < 4.78 is 10.6. The third-order valence-electron chi connectivity index (χ3n) is 3.42. The Bertz CT molecular complexity index is 834. The molecule has 146 valence electrons. The Morgan fingerprint density at radius 2 is 1.79 bits per heavy atom. The Balaban J connectivity index is 2.02. The van der Waals surface area contributed by atoms with E-state index in [2.05, 4.69) is 22.1 Å². The number of nitrogens with one attached hydrogen (secondary N) is 1. The van der Waals surface area contributed by atoms with Gasteiger partial charge in [0.2, 0.25) is 0 Å². The highest BCUT2D eigenvalue weighted by atomic mass is 16.6. The van der Waals surface area contributed by atoms with Crippen molar-refractivity contribution in [3.63, 3.8) is 0 Å². The van der Waals surface area contributed by atoms with Gasteiger partial charge in [0.15, 0.2) is 0 Å². The van der Waals surface area contributed by atoms with Gasteiger partial charge in [-0.15, -0.1) is 0 Å². The van der Waals surface area contributed by atoms with E-state index in [1.807, 2.05) is 30.3 Å². The molecule has 0 bridgehead atoms. The largest absolute Gasteiger partial charge is 0.459 e. The molecule has 0 spiro atoms. The second-order valence-electron chi connectivity index (χ2n) is 7.03. The van der Waals surface area contributed by atoms with Crippen LogP contribution < -0.4 is 5.32 Å². The Kier molecular flexibility index (Phi) is 7.58. The van der Waals surface area contributed by atoms with Crippen molar-refractivity contribution in [3.8, 4) is 11.8 Å². The van der Waals surface area contributed by atoms with Crippen LogP contribution in [-0.2, 0) is 20.9 Å². The van der Waals surface area contributed by atoms with Crippen LogP contribution in [0.3, 0.4) is 0 Å². The van der Waals surface area contributed by atoms with Crippen molar-refractivity contribution in [2.75, 3.05) is 0 Å². The monoisotopic (exact) mass is 380 g/mol. The van der Waals surface area contributed by atoms with E-state index in [0.29, 0.717) is 0 Å². The SMILES string of the molecule is CC(C)(C)OC(=O)N[C@@H](CC#Cc1ccncc1)C(=O)OCc1ccccc1. The van der Waals surface area contributed by atoms with Gasteiger partial charge in [0.05, 0.1) is 0 Å². The van der Waals surface area contributed by atoms with Gasteiger partial charge in [-0.25, -0.2) is 9.59 Å². The summed E-state index contributed by atoms with van der Waals surface area (Å²) in [4.78, 5) is 28.5. The van der Waals surface area contributed by atoms with Crippen molar-refractivity contribution >= 4 is 12.1 Å². The van der Waals surface area contributed by atoms with Gasteiger partial charge < -0.3 is 14.8 Å². The number of rotatable bonds is 5. The molecule has 1 aromatic carbocycles. The molecule has 0 radical (unpaired) electrons. The van der Waals surface area contributed by atoms with Crippen LogP contribution in [0.1, 0.15) is 38.3 Å².